The lowest BCUT2D eigenvalue weighted by molar-refractivity contribution is -0.120. The van der Waals surface area contributed by atoms with Crippen LogP contribution in [0.2, 0.25) is 0 Å². The standard InChI is InChI=1S/C23H40O/c1-2-3-4-5-6-7-8-9-10-11-12-13-14-15-16-21-23(24)22-19-17-18-20-22/h17-20,22H,2-16,21H2,1H3. The van der Waals surface area contributed by atoms with Crippen LogP contribution in [0.5, 0.6) is 0 Å². The Labute approximate surface area is 151 Å². The van der Waals surface area contributed by atoms with Crippen LogP contribution >= 0.6 is 0 Å². The molecule has 0 atom stereocenters. The molecule has 0 aromatic rings. The zero-order valence-corrected chi connectivity index (χ0v) is 16.1. The van der Waals surface area contributed by atoms with Crippen molar-refractivity contribution in [1.29, 1.82) is 0 Å². The van der Waals surface area contributed by atoms with Crippen molar-refractivity contribution in [2.75, 3.05) is 0 Å². The molecule has 0 bridgehead atoms. The van der Waals surface area contributed by atoms with Gasteiger partial charge in [-0.05, 0) is 6.42 Å². The molecule has 0 unspecified atom stereocenters. The largest absolute Gasteiger partial charge is 0.299 e. The molecule has 0 saturated carbocycles. The number of carbonyl (C=O) groups is 1. The first-order valence-electron chi connectivity index (χ1n) is 10.7. The Kier molecular flexibility index (Phi) is 13.8. The average Bonchev–Trinajstić information content (AvgIpc) is 3.13. The molecule has 0 aromatic heterocycles. The van der Waals surface area contributed by atoms with Crippen LogP contribution in [0.25, 0.3) is 0 Å². The summed E-state index contributed by atoms with van der Waals surface area (Å²) in [6.07, 6.45) is 29.4. The predicted molar refractivity (Wildman–Crippen MR) is 106 cm³/mol. The van der Waals surface area contributed by atoms with Gasteiger partial charge in [0.25, 0.3) is 0 Å². The van der Waals surface area contributed by atoms with Gasteiger partial charge in [-0.2, -0.15) is 0 Å². The fourth-order valence-electron chi connectivity index (χ4n) is 3.48. The quantitative estimate of drug-likeness (QED) is 0.251. The van der Waals surface area contributed by atoms with Gasteiger partial charge in [0.05, 0.1) is 5.92 Å². The molecular weight excluding hydrogens is 292 g/mol. The van der Waals surface area contributed by atoms with Gasteiger partial charge in [0.1, 0.15) is 5.78 Å². The molecule has 0 fully saturated rings. The minimum absolute atomic E-state index is 0.0802. The van der Waals surface area contributed by atoms with Crippen LogP contribution in [0.4, 0.5) is 0 Å². The number of hydrogen-bond donors (Lipinski definition) is 0. The molecule has 24 heavy (non-hydrogen) atoms. The van der Waals surface area contributed by atoms with E-state index in [-0.39, 0.29) is 5.92 Å². The van der Waals surface area contributed by atoms with Gasteiger partial charge in [-0.15, -0.1) is 0 Å². The van der Waals surface area contributed by atoms with Crippen LogP contribution in [-0.4, -0.2) is 5.78 Å². The molecule has 138 valence electrons. The van der Waals surface area contributed by atoms with Gasteiger partial charge in [0, 0.05) is 6.42 Å². The molecule has 0 aromatic carbocycles. The van der Waals surface area contributed by atoms with E-state index in [9.17, 15) is 4.79 Å². The Morgan fingerprint density at radius 2 is 1.00 bits per heavy atom. The Hall–Kier alpha value is -0.850. The molecule has 1 heteroatoms. The van der Waals surface area contributed by atoms with Crippen molar-refractivity contribution in [1.82, 2.24) is 0 Å². The van der Waals surface area contributed by atoms with Crippen LogP contribution in [0.1, 0.15) is 110 Å². The molecule has 0 heterocycles. The van der Waals surface area contributed by atoms with Gasteiger partial charge in [0.2, 0.25) is 0 Å². The summed E-state index contributed by atoms with van der Waals surface area (Å²) < 4.78 is 0. The highest BCUT2D eigenvalue weighted by molar-refractivity contribution is 5.85. The van der Waals surface area contributed by atoms with Gasteiger partial charge in [0.15, 0.2) is 0 Å². The zero-order chi connectivity index (χ0) is 17.3. The van der Waals surface area contributed by atoms with Crippen molar-refractivity contribution in [3.63, 3.8) is 0 Å². The number of rotatable bonds is 17. The van der Waals surface area contributed by atoms with Crippen LogP contribution in [0.3, 0.4) is 0 Å². The summed E-state index contributed by atoms with van der Waals surface area (Å²) in [5.74, 6) is 0.478. The summed E-state index contributed by atoms with van der Waals surface area (Å²) in [6.45, 7) is 2.28. The number of unbranched alkanes of at least 4 members (excludes halogenated alkanes) is 14. The fourth-order valence-corrected chi connectivity index (χ4v) is 3.48. The summed E-state index contributed by atoms with van der Waals surface area (Å²) in [6, 6.07) is 0. The maximum Gasteiger partial charge on any atom is 0.143 e. The van der Waals surface area contributed by atoms with Crippen molar-refractivity contribution in [3.8, 4) is 0 Å². The third kappa shape index (κ3) is 11.6. The second-order valence-electron chi connectivity index (χ2n) is 7.46. The lowest BCUT2D eigenvalue weighted by Crippen LogP contribution is -2.07. The highest BCUT2D eigenvalue weighted by Gasteiger charge is 2.12. The number of carbonyl (C=O) groups excluding carboxylic acids is 1. The normalized spacial score (nSPS) is 13.9. The van der Waals surface area contributed by atoms with Crippen LogP contribution in [0.15, 0.2) is 24.3 Å². The van der Waals surface area contributed by atoms with E-state index in [4.69, 9.17) is 0 Å². The summed E-state index contributed by atoms with van der Waals surface area (Å²) in [5.41, 5.74) is 0. The predicted octanol–water partition coefficient (Wildman–Crippen LogP) is 7.56. The molecule has 0 amide bonds. The molecule has 0 spiro atoms. The lowest BCUT2D eigenvalue weighted by Gasteiger charge is -2.05. The monoisotopic (exact) mass is 332 g/mol. The highest BCUT2D eigenvalue weighted by atomic mass is 16.1. The fraction of sp³-hybridized carbons (Fsp3) is 0.783. The molecule has 1 rings (SSSR count). The van der Waals surface area contributed by atoms with E-state index in [1.165, 1.54) is 89.9 Å². The minimum atomic E-state index is 0.0802. The smallest absolute Gasteiger partial charge is 0.143 e. The summed E-state index contributed by atoms with van der Waals surface area (Å²) in [7, 11) is 0. The maximum atomic E-state index is 11.9. The molecule has 1 nitrogen and oxygen atoms in total. The second-order valence-corrected chi connectivity index (χ2v) is 7.46. The van der Waals surface area contributed by atoms with E-state index in [0.717, 1.165) is 12.8 Å². The summed E-state index contributed by atoms with van der Waals surface area (Å²) in [4.78, 5) is 11.9. The third-order valence-corrected chi connectivity index (χ3v) is 5.15. The van der Waals surface area contributed by atoms with Gasteiger partial charge >= 0.3 is 0 Å². The van der Waals surface area contributed by atoms with Crippen LogP contribution in [0, 0.1) is 5.92 Å². The van der Waals surface area contributed by atoms with Crippen molar-refractivity contribution < 1.29 is 4.79 Å². The molecule has 1 aliphatic carbocycles. The Balaban J connectivity index is 1.72. The lowest BCUT2D eigenvalue weighted by atomic mass is 9.99. The summed E-state index contributed by atoms with van der Waals surface area (Å²) in [5, 5.41) is 0. The van der Waals surface area contributed by atoms with Gasteiger partial charge in [-0.3, -0.25) is 4.79 Å². The first-order chi connectivity index (χ1) is 11.8. The van der Waals surface area contributed by atoms with Gasteiger partial charge in [-0.25, -0.2) is 0 Å². The average molecular weight is 333 g/mol. The molecule has 0 aliphatic heterocycles. The number of hydrogen-bond acceptors (Lipinski definition) is 1. The van der Waals surface area contributed by atoms with E-state index in [2.05, 4.69) is 6.92 Å². The Morgan fingerprint density at radius 1 is 0.625 bits per heavy atom. The second kappa shape index (κ2) is 15.7. The van der Waals surface area contributed by atoms with Crippen molar-refractivity contribution in [2.24, 2.45) is 5.92 Å². The number of Topliss-reactive ketones (excluding diaryl/α,β-unsaturated/α-hetero) is 1. The van der Waals surface area contributed by atoms with Crippen molar-refractivity contribution in [3.05, 3.63) is 24.3 Å². The Bertz CT molecular complexity index is 341. The number of ketones is 1. The molecule has 0 radical (unpaired) electrons. The first kappa shape index (κ1) is 21.2. The third-order valence-electron chi connectivity index (χ3n) is 5.15. The SMILES string of the molecule is CCCCCCCCCCCCCCCCCC(=O)C1C=CC=C1. The number of allylic oxidation sites excluding steroid dienone is 4. The van der Waals surface area contributed by atoms with E-state index in [1.54, 1.807) is 0 Å². The van der Waals surface area contributed by atoms with Gasteiger partial charge < -0.3 is 0 Å². The molecule has 0 saturated heterocycles. The molecule has 0 N–H and O–H groups in total. The van der Waals surface area contributed by atoms with E-state index < -0.39 is 0 Å². The topological polar surface area (TPSA) is 17.1 Å². The van der Waals surface area contributed by atoms with E-state index >= 15 is 0 Å². The van der Waals surface area contributed by atoms with Crippen LogP contribution < -0.4 is 0 Å². The maximum absolute atomic E-state index is 11.9. The van der Waals surface area contributed by atoms with E-state index in [0.29, 0.717) is 5.78 Å². The zero-order valence-electron chi connectivity index (χ0n) is 16.1. The first-order valence-corrected chi connectivity index (χ1v) is 10.7. The van der Waals surface area contributed by atoms with Crippen molar-refractivity contribution >= 4 is 5.78 Å². The van der Waals surface area contributed by atoms with E-state index in [1.807, 2.05) is 24.3 Å². The van der Waals surface area contributed by atoms with Gasteiger partial charge in [-0.1, -0.05) is 121 Å². The molecule has 1 aliphatic rings. The highest BCUT2D eigenvalue weighted by Crippen LogP contribution is 2.16. The Morgan fingerprint density at radius 3 is 1.42 bits per heavy atom. The summed E-state index contributed by atoms with van der Waals surface area (Å²) >= 11 is 0. The molecular formula is C23H40O. The van der Waals surface area contributed by atoms with Crippen molar-refractivity contribution in [2.45, 2.75) is 110 Å². The minimum Gasteiger partial charge on any atom is -0.299 e. The van der Waals surface area contributed by atoms with Crippen LogP contribution in [-0.2, 0) is 4.79 Å².